The van der Waals surface area contributed by atoms with Crippen LogP contribution in [0.3, 0.4) is 0 Å². The Labute approximate surface area is 124 Å². The number of hydrogen-bond donors (Lipinski definition) is 0. The van der Waals surface area contributed by atoms with Crippen molar-refractivity contribution in [3.8, 4) is 0 Å². The Morgan fingerprint density at radius 2 is 2.10 bits per heavy atom. The minimum atomic E-state index is -0.398. The lowest BCUT2D eigenvalue weighted by molar-refractivity contribution is -0.146. The summed E-state index contributed by atoms with van der Waals surface area (Å²) in [5.41, 5.74) is 1.66. The van der Waals surface area contributed by atoms with Gasteiger partial charge in [0, 0.05) is 18.4 Å². The third-order valence-electron chi connectivity index (χ3n) is 3.40. The van der Waals surface area contributed by atoms with Crippen molar-refractivity contribution in [3.63, 3.8) is 0 Å². The van der Waals surface area contributed by atoms with Crippen LogP contribution in [0.5, 0.6) is 0 Å². The molecule has 0 spiro atoms. The number of rotatable bonds is 6. The van der Waals surface area contributed by atoms with Crippen LogP contribution < -0.4 is 0 Å². The highest BCUT2D eigenvalue weighted by atomic mass is 16.5. The molecule has 4 heteroatoms. The maximum Gasteiger partial charge on any atom is 0.306 e. The van der Waals surface area contributed by atoms with Crippen molar-refractivity contribution < 1.29 is 19.1 Å². The van der Waals surface area contributed by atoms with Crippen LogP contribution in [0.25, 0.3) is 0 Å². The Hall–Kier alpha value is -1.94. The Morgan fingerprint density at radius 3 is 2.81 bits per heavy atom. The second-order valence-electron chi connectivity index (χ2n) is 4.95. The molecule has 0 saturated heterocycles. The molecule has 0 radical (unpaired) electrons. The molecule has 0 heterocycles. The zero-order valence-corrected chi connectivity index (χ0v) is 12.2. The van der Waals surface area contributed by atoms with Crippen LogP contribution in [0.4, 0.5) is 0 Å². The highest BCUT2D eigenvalue weighted by Gasteiger charge is 2.30. The number of carbonyl (C=O) groups is 2. The van der Waals surface area contributed by atoms with Crippen LogP contribution in [-0.4, -0.2) is 24.5 Å². The molecule has 4 nitrogen and oxygen atoms in total. The normalized spacial score (nSPS) is 20.0. The van der Waals surface area contributed by atoms with Crippen LogP contribution in [0.1, 0.15) is 31.7 Å². The van der Waals surface area contributed by atoms with E-state index >= 15 is 0 Å². The van der Waals surface area contributed by atoms with E-state index < -0.39 is 6.10 Å². The molecule has 0 amide bonds. The minimum Gasteiger partial charge on any atom is -0.457 e. The van der Waals surface area contributed by atoms with Gasteiger partial charge in [-0.15, -0.1) is 0 Å². The summed E-state index contributed by atoms with van der Waals surface area (Å²) in [6.07, 6.45) is 2.68. The van der Waals surface area contributed by atoms with Gasteiger partial charge in [-0.2, -0.15) is 0 Å². The third kappa shape index (κ3) is 4.53. The topological polar surface area (TPSA) is 52.6 Å². The summed E-state index contributed by atoms with van der Waals surface area (Å²) in [4.78, 5) is 23.1. The van der Waals surface area contributed by atoms with Gasteiger partial charge in [-0.1, -0.05) is 37.3 Å². The SMILES string of the molecule is CCC(=O)OC1CCC(=O)C1=CCOCc1ccccc1. The lowest BCUT2D eigenvalue weighted by atomic mass is 10.1. The van der Waals surface area contributed by atoms with E-state index in [0.717, 1.165) is 5.56 Å². The molecule has 0 N–H and O–H groups in total. The molecular formula is C17H20O4. The number of hydrogen-bond acceptors (Lipinski definition) is 4. The van der Waals surface area contributed by atoms with Gasteiger partial charge in [0.15, 0.2) is 5.78 Å². The molecule has 1 unspecified atom stereocenters. The number of benzene rings is 1. The summed E-state index contributed by atoms with van der Waals surface area (Å²) >= 11 is 0. The zero-order valence-electron chi connectivity index (χ0n) is 12.2. The predicted molar refractivity (Wildman–Crippen MR) is 78.6 cm³/mol. The van der Waals surface area contributed by atoms with E-state index in [1.165, 1.54) is 0 Å². The van der Waals surface area contributed by atoms with E-state index in [4.69, 9.17) is 9.47 Å². The van der Waals surface area contributed by atoms with Crippen molar-refractivity contribution in [1.82, 2.24) is 0 Å². The molecule has 1 aromatic rings. The molecule has 1 saturated carbocycles. The monoisotopic (exact) mass is 288 g/mol. The van der Waals surface area contributed by atoms with Gasteiger partial charge >= 0.3 is 5.97 Å². The van der Waals surface area contributed by atoms with Crippen LogP contribution in [0.2, 0.25) is 0 Å². The van der Waals surface area contributed by atoms with Crippen molar-refractivity contribution >= 4 is 11.8 Å². The standard InChI is InChI=1S/C17H20O4/c1-2-17(19)21-16-9-8-15(18)14(16)10-11-20-12-13-6-4-3-5-7-13/h3-7,10,16H,2,8-9,11-12H2,1H3. The molecule has 1 aromatic carbocycles. The Balaban J connectivity index is 1.86. The molecule has 0 aliphatic heterocycles. The smallest absolute Gasteiger partial charge is 0.306 e. The number of Topliss-reactive ketones (excluding diaryl/α,β-unsaturated/α-hetero) is 1. The van der Waals surface area contributed by atoms with E-state index in [1.54, 1.807) is 13.0 Å². The summed E-state index contributed by atoms with van der Waals surface area (Å²) in [5.74, 6) is -0.224. The maximum atomic E-state index is 11.8. The van der Waals surface area contributed by atoms with Gasteiger partial charge in [0.1, 0.15) is 6.10 Å². The number of ether oxygens (including phenoxy) is 2. The Bertz CT molecular complexity index is 519. The maximum absolute atomic E-state index is 11.8. The second kappa shape index (κ2) is 7.74. The summed E-state index contributed by atoms with van der Waals surface area (Å²) in [6, 6.07) is 9.84. The van der Waals surface area contributed by atoms with Gasteiger partial charge in [-0.3, -0.25) is 9.59 Å². The highest BCUT2D eigenvalue weighted by molar-refractivity contribution is 5.99. The average Bonchev–Trinajstić information content (AvgIpc) is 2.85. The fourth-order valence-electron chi connectivity index (χ4n) is 2.25. The fourth-order valence-corrected chi connectivity index (χ4v) is 2.25. The van der Waals surface area contributed by atoms with E-state index in [-0.39, 0.29) is 11.8 Å². The summed E-state index contributed by atoms with van der Waals surface area (Å²) in [5, 5.41) is 0. The first-order chi connectivity index (χ1) is 10.2. The first kappa shape index (κ1) is 15.4. The molecule has 1 aliphatic rings. The average molecular weight is 288 g/mol. The second-order valence-corrected chi connectivity index (χ2v) is 4.95. The molecule has 21 heavy (non-hydrogen) atoms. The summed E-state index contributed by atoms with van der Waals surface area (Å²) in [6.45, 7) is 2.58. The van der Waals surface area contributed by atoms with Gasteiger partial charge in [0.05, 0.1) is 13.2 Å². The summed E-state index contributed by atoms with van der Waals surface area (Å²) < 4.78 is 10.8. The first-order valence-corrected chi connectivity index (χ1v) is 7.25. The van der Waals surface area contributed by atoms with Gasteiger partial charge in [0.25, 0.3) is 0 Å². The lowest BCUT2D eigenvalue weighted by Crippen LogP contribution is -2.17. The molecule has 1 fully saturated rings. The lowest BCUT2D eigenvalue weighted by Gasteiger charge is -2.12. The number of ketones is 1. The van der Waals surface area contributed by atoms with Crippen LogP contribution in [0.15, 0.2) is 42.0 Å². The van der Waals surface area contributed by atoms with Crippen LogP contribution in [0, 0.1) is 0 Å². The van der Waals surface area contributed by atoms with Gasteiger partial charge < -0.3 is 9.47 Å². The molecule has 112 valence electrons. The Morgan fingerprint density at radius 1 is 1.33 bits per heavy atom. The molecule has 2 rings (SSSR count). The van der Waals surface area contributed by atoms with Crippen LogP contribution >= 0.6 is 0 Å². The van der Waals surface area contributed by atoms with Crippen LogP contribution in [-0.2, 0) is 25.7 Å². The van der Waals surface area contributed by atoms with Crippen molar-refractivity contribution in [3.05, 3.63) is 47.5 Å². The van der Waals surface area contributed by atoms with E-state index in [1.807, 2.05) is 30.3 Å². The van der Waals surface area contributed by atoms with E-state index in [2.05, 4.69) is 0 Å². The number of carbonyl (C=O) groups excluding carboxylic acids is 2. The quantitative estimate of drug-likeness (QED) is 0.459. The minimum absolute atomic E-state index is 0.0483. The number of esters is 1. The van der Waals surface area contributed by atoms with Crippen molar-refractivity contribution in [2.24, 2.45) is 0 Å². The zero-order chi connectivity index (χ0) is 15.1. The molecular weight excluding hydrogens is 268 g/mol. The molecule has 0 bridgehead atoms. The molecule has 0 aromatic heterocycles. The van der Waals surface area contributed by atoms with Gasteiger partial charge in [0.2, 0.25) is 0 Å². The summed E-state index contributed by atoms with van der Waals surface area (Å²) in [7, 11) is 0. The van der Waals surface area contributed by atoms with Crippen molar-refractivity contribution in [2.75, 3.05) is 6.61 Å². The van der Waals surface area contributed by atoms with Crippen molar-refractivity contribution in [2.45, 2.75) is 38.9 Å². The third-order valence-corrected chi connectivity index (χ3v) is 3.40. The fraction of sp³-hybridized carbons (Fsp3) is 0.412. The predicted octanol–water partition coefficient (Wildman–Crippen LogP) is 2.81. The highest BCUT2D eigenvalue weighted by Crippen LogP contribution is 2.24. The first-order valence-electron chi connectivity index (χ1n) is 7.25. The van der Waals surface area contributed by atoms with E-state index in [9.17, 15) is 9.59 Å². The van der Waals surface area contributed by atoms with Crippen molar-refractivity contribution in [1.29, 1.82) is 0 Å². The van der Waals surface area contributed by atoms with E-state index in [0.29, 0.717) is 38.0 Å². The molecule has 1 atom stereocenters. The van der Waals surface area contributed by atoms with Gasteiger partial charge in [-0.05, 0) is 18.1 Å². The largest absolute Gasteiger partial charge is 0.457 e. The molecule has 1 aliphatic carbocycles. The Kier molecular flexibility index (Phi) is 5.69. The van der Waals surface area contributed by atoms with Gasteiger partial charge in [-0.25, -0.2) is 0 Å².